The molecule has 5 nitrogen and oxygen atoms in total. The van der Waals surface area contributed by atoms with Gasteiger partial charge < -0.3 is 20.1 Å². The van der Waals surface area contributed by atoms with Crippen molar-refractivity contribution in [1.82, 2.24) is 10.6 Å². The molecule has 0 aromatic rings. The van der Waals surface area contributed by atoms with Gasteiger partial charge in [-0.15, -0.1) is 0 Å². The molecular formula is C9H18N2O3. The Bertz CT molecular complexity index is 218. The third-order valence-electron chi connectivity index (χ3n) is 2.12. The molecule has 0 aromatic heterocycles. The molecule has 0 spiro atoms. The predicted octanol–water partition coefficient (Wildman–Crippen LogP) is 0.457. The normalized spacial score (nSPS) is 24.0. The lowest BCUT2D eigenvalue weighted by Gasteiger charge is -2.41. The van der Waals surface area contributed by atoms with E-state index in [1.807, 2.05) is 20.8 Å². The Hall–Kier alpha value is -0.810. The SMILES string of the molecule is CNC(=O)NC1(C)COC(C)(C)OC1. The van der Waals surface area contributed by atoms with Crippen molar-refractivity contribution in [3.05, 3.63) is 0 Å². The molecule has 1 aliphatic rings. The van der Waals surface area contributed by atoms with Crippen LogP contribution in [0.25, 0.3) is 0 Å². The molecule has 5 heteroatoms. The standard InChI is InChI=1S/C9H18N2O3/c1-8(2)13-5-9(3,6-14-8)11-7(12)10-4/h5-6H2,1-4H3,(H2,10,11,12). The highest BCUT2D eigenvalue weighted by atomic mass is 16.7. The van der Waals surface area contributed by atoms with Crippen molar-refractivity contribution >= 4 is 6.03 Å². The zero-order valence-corrected chi connectivity index (χ0v) is 9.14. The summed E-state index contributed by atoms with van der Waals surface area (Å²) in [5.74, 6) is -0.552. The molecule has 14 heavy (non-hydrogen) atoms. The van der Waals surface area contributed by atoms with Gasteiger partial charge in [0.05, 0.1) is 18.8 Å². The lowest BCUT2D eigenvalue weighted by Crippen LogP contribution is -2.60. The second-order valence-electron chi connectivity index (χ2n) is 4.24. The van der Waals surface area contributed by atoms with Crippen LogP contribution >= 0.6 is 0 Å². The van der Waals surface area contributed by atoms with Crippen molar-refractivity contribution in [3.8, 4) is 0 Å². The van der Waals surface area contributed by atoms with Crippen LogP contribution in [0.5, 0.6) is 0 Å². The van der Waals surface area contributed by atoms with Crippen LogP contribution < -0.4 is 10.6 Å². The average Bonchev–Trinajstić information content (AvgIpc) is 2.11. The van der Waals surface area contributed by atoms with E-state index < -0.39 is 11.3 Å². The van der Waals surface area contributed by atoms with Crippen molar-refractivity contribution < 1.29 is 14.3 Å². The smallest absolute Gasteiger partial charge is 0.315 e. The van der Waals surface area contributed by atoms with Gasteiger partial charge in [-0.25, -0.2) is 4.79 Å². The van der Waals surface area contributed by atoms with Crippen LogP contribution in [0, 0.1) is 0 Å². The van der Waals surface area contributed by atoms with E-state index in [9.17, 15) is 4.79 Å². The van der Waals surface area contributed by atoms with E-state index in [-0.39, 0.29) is 6.03 Å². The zero-order chi connectivity index (χ0) is 10.8. The minimum absolute atomic E-state index is 0.223. The highest BCUT2D eigenvalue weighted by Gasteiger charge is 2.37. The third kappa shape index (κ3) is 2.85. The van der Waals surface area contributed by atoms with Gasteiger partial charge in [-0.1, -0.05) is 0 Å². The van der Waals surface area contributed by atoms with Crippen molar-refractivity contribution in [3.63, 3.8) is 0 Å². The van der Waals surface area contributed by atoms with Gasteiger partial charge in [-0.3, -0.25) is 0 Å². The van der Waals surface area contributed by atoms with Crippen LogP contribution in [-0.2, 0) is 9.47 Å². The molecule has 0 radical (unpaired) electrons. The maximum absolute atomic E-state index is 11.1. The van der Waals surface area contributed by atoms with Gasteiger partial charge in [0, 0.05) is 7.05 Å². The fourth-order valence-corrected chi connectivity index (χ4v) is 1.16. The maximum atomic E-state index is 11.1. The Balaban J connectivity index is 2.49. The third-order valence-corrected chi connectivity index (χ3v) is 2.12. The Labute approximate surface area is 84.1 Å². The van der Waals surface area contributed by atoms with Crippen LogP contribution in [0.4, 0.5) is 4.79 Å². The fourth-order valence-electron chi connectivity index (χ4n) is 1.16. The average molecular weight is 202 g/mol. The van der Waals surface area contributed by atoms with Crippen molar-refractivity contribution in [2.75, 3.05) is 20.3 Å². The van der Waals surface area contributed by atoms with Crippen molar-refractivity contribution in [2.24, 2.45) is 0 Å². The lowest BCUT2D eigenvalue weighted by molar-refractivity contribution is -0.267. The van der Waals surface area contributed by atoms with Crippen molar-refractivity contribution in [2.45, 2.75) is 32.1 Å². The summed E-state index contributed by atoms with van der Waals surface area (Å²) in [6.07, 6.45) is 0. The quantitative estimate of drug-likeness (QED) is 0.649. The molecule has 0 bridgehead atoms. The number of rotatable bonds is 1. The Kier molecular flexibility index (Phi) is 3.01. The summed E-state index contributed by atoms with van der Waals surface area (Å²) in [5, 5.41) is 5.28. The minimum Gasteiger partial charge on any atom is -0.348 e. The van der Waals surface area contributed by atoms with Gasteiger partial charge in [0.1, 0.15) is 0 Å². The molecule has 0 aromatic carbocycles. The van der Waals surface area contributed by atoms with E-state index in [2.05, 4.69) is 10.6 Å². The van der Waals surface area contributed by atoms with E-state index in [0.29, 0.717) is 13.2 Å². The number of nitrogens with one attached hydrogen (secondary N) is 2. The largest absolute Gasteiger partial charge is 0.348 e. The first-order valence-corrected chi connectivity index (χ1v) is 4.65. The second-order valence-corrected chi connectivity index (χ2v) is 4.24. The first-order valence-electron chi connectivity index (χ1n) is 4.65. The maximum Gasteiger partial charge on any atom is 0.315 e. The summed E-state index contributed by atoms with van der Waals surface area (Å²) in [6, 6.07) is -0.223. The Morgan fingerprint density at radius 3 is 2.14 bits per heavy atom. The summed E-state index contributed by atoms with van der Waals surface area (Å²) in [6.45, 7) is 6.50. The van der Waals surface area contributed by atoms with Gasteiger partial charge in [0.2, 0.25) is 0 Å². The molecule has 0 atom stereocenters. The van der Waals surface area contributed by atoms with Crippen molar-refractivity contribution in [1.29, 1.82) is 0 Å². The highest BCUT2D eigenvalue weighted by Crippen LogP contribution is 2.22. The molecule has 1 aliphatic heterocycles. The number of ether oxygens (including phenoxy) is 2. The van der Waals surface area contributed by atoms with Crippen LogP contribution in [-0.4, -0.2) is 37.6 Å². The van der Waals surface area contributed by atoms with Gasteiger partial charge in [0.15, 0.2) is 5.79 Å². The van der Waals surface area contributed by atoms with Crippen LogP contribution in [0.3, 0.4) is 0 Å². The number of carbonyl (C=O) groups excluding carboxylic acids is 1. The molecule has 2 amide bonds. The summed E-state index contributed by atoms with van der Waals surface area (Å²) < 4.78 is 10.9. The lowest BCUT2D eigenvalue weighted by atomic mass is 10.0. The van der Waals surface area contributed by atoms with E-state index >= 15 is 0 Å². The van der Waals surface area contributed by atoms with Gasteiger partial charge in [0.25, 0.3) is 0 Å². The Morgan fingerprint density at radius 2 is 1.71 bits per heavy atom. The number of urea groups is 1. The molecule has 0 unspecified atom stereocenters. The van der Waals surface area contributed by atoms with E-state index in [1.54, 1.807) is 7.05 Å². The van der Waals surface area contributed by atoms with Crippen LogP contribution in [0.1, 0.15) is 20.8 Å². The summed E-state index contributed by atoms with van der Waals surface area (Å²) in [5.41, 5.74) is -0.449. The second kappa shape index (κ2) is 3.74. The first-order chi connectivity index (χ1) is 6.37. The van der Waals surface area contributed by atoms with Gasteiger partial charge in [-0.2, -0.15) is 0 Å². The predicted molar refractivity (Wildman–Crippen MR) is 52.0 cm³/mol. The fraction of sp³-hybridized carbons (Fsp3) is 0.889. The highest BCUT2D eigenvalue weighted by molar-refractivity contribution is 5.74. The van der Waals surface area contributed by atoms with Crippen LogP contribution in [0.2, 0.25) is 0 Å². The molecule has 0 aliphatic carbocycles. The zero-order valence-electron chi connectivity index (χ0n) is 9.14. The molecule has 2 N–H and O–H groups in total. The number of amides is 2. The molecule has 1 fully saturated rings. The number of hydrogen-bond acceptors (Lipinski definition) is 3. The molecule has 0 saturated carbocycles. The van der Waals surface area contributed by atoms with Gasteiger partial charge in [-0.05, 0) is 20.8 Å². The number of carbonyl (C=O) groups is 1. The molecule has 1 heterocycles. The minimum atomic E-state index is -0.552. The molecule has 82 valence electrons. The molecule has 1 rings (SSSR count). The van der Waals surface area contributed by atoms with E-state index in [1.165, 1.54) is 0 Å². The van der Waals surface area contributed by atoms with Crippen LogP contribution in [0.15, 0.2) is 0 Å². The van der Waals surface area contributed by atoms with Gasteiger partial charge >= 0.3 is 6.03 Å². The van der Waals surface area contributed by atoms with E-state index in [4.69, 9.17) is 9.47 Å². The summed E-state index contributed by atoms with van der Waals surface area (Å²) in [4.78, 5) is 11.1. The summed E-state index contributed by atoms with van der Waals surface area (Å²) in [7, 11) is 1.58. The monoisotopic (exact) mass is 202 g/mol. The Morgan fingerprint density at radius 1 is 1.21 bits per heavy atom. The summed E-state index contributed by atoms with van der Waals surface area (Å²) >= 11 is 0. The molecule has 1 saturated heterocycles. The number of hydrogen-bond donors (Lipinski definition) is 2. The molecular weight excluding hydrogens is 184 g/mol. The van der Waals surface area contributed by atoms with E-state index in [0.717, 1.165) is 0 Å². The first kappa shape index (κ1) is 11.3. The topological polar surface area (TPSA) is 59.6 Å².